The van der Waals surface area contributed by atoms with Crippen LogP contribution < -0.4 is 11.1 Å². The van der Waals surface area contributed by atoms with Crippen LogP contribution in [0, 0.1) is 17.8 Å². The molecule has 1 aromatic heterocycles. The number of amides is 3. The first kappa shape index (κ1) is 19.6. The number of alkyl halides is 2. The number of carbonyl (C=O) groups excluding carboxylic acids is 3. The van der Waals surface area contributed by atoms with Gasteiger partial charge in [-0.15, -0.1) is 23.2 Å². The highest BCUT2D eigenvalue weighted by molar-refractivity contribution is 6.50. The first-order valence-corrected chi connectivity index (χ1v) is 10.7. The Hall–Kier alpha value is -2.32. The second-order valence-electron chi connectivity index (χ2n) is 8.45. The minimum Gasteiger partial charge on any atom is -0.364 e. The van der Waals surface area contributed by atoms with Crippen molar-refractivity contribution in [2.75, 3.05) is 13.1 Å². The number of benzene rings is 1. The average molecular weight is 450 g/mol. The van der Waals surface area contributed by atoms with Crippen molar-refractivity contribution in [3.05, 3.63) is 30.0 Å². The van der Waals surface area contributed by atoms with Crippen LogP contribution in [0.25, 0.3) is 10.9 Å². The number of halogens is 2. The average Bonchev–Trinajstić information content (AvgIpc) is 3.49. The lowest BCUT2D eigenvalue weighted by atomic mass is 10.1. The molecule has 3 fully saturated rings. The molecule has 2 aliphatic carbocycles. The monoisotopic (exact) mass is 449 g/mol. The normalized spacial score (nSPS) is 28.3. The van der Waals surface area contributed by atoms with Gasteiger partial charge in [-0.2, -0.15) is 5.10 Å². The topological polar surface area (TPSA) is 110 Å². The van der Waals surface area contributed by atoms with Crippen molar-refractivity contribution in [1.29, 1.82) is 0 Å². The molecule has 158 valence electrons. The molecule has 3 amide bonds. The lowest BCUT2D eigenvalue weighted by Gasteiger charge is -2.27. The SMILES string of the molecule is NC(=O)c1nn(CC(=O)N2C[C@H]3CC3[C@H]2C(=O)NC[C@H]2CC2(Cl)Cl)c2ccccc12. The van der Waals surface area contributed by atoms with E-state index in [1.807, 2.05) is 6.07 Å². The van der Waals surface area contributed by atoms with Crippen molar-refractivity contribution in [2.45, 2.75) is 29.8 Å². The van der Waals surface area contributed by atoms with Crippen LogP contribution in [-0.2, 0) is 16.1 Å². The molecule has 2 saturated carbocycles. The molecule has 0 spiro atoms. The Balaban J connectivity index is 1.32. The number of para-hydroxylation sites is 1. The van der Waals surface area contributed by atoms with Gasteiger partial charge in [0.2, 0.25) is 11.8 Å². The van der Waals surface area contributed by atoms with Crippen molar-refractivity contribution in [3.63, 3.8) is 0 Å². The lowest BCUT2D eigenvalue weighted by Crippen LogP contribution is -2.49. The summed E-state index contributed by atoms with van der Waals surface area (Å²) in [7, 11) is 0. The molecule has 3 N–H and O–H groups in total. The van der Waals surface area contributed by atoms with Crippen LogP contribution in [0.1, 0.15) is 23.3 Å². The molecule has 2 heterocycles. The smallest absolute Gasteiger partial charge is 0.269 e. The van der Waals surface area contributed by atoms with Crippen molar-refractivity contribution in [2.24, 2.45) is 23.5 Å². The number of carbonyl (C=O) groups is 3. The van der Waals surface area contributed by atoms with E-state index in [1.54, 1.807) is 23.1 Å². The van der Waals surface area contributed by atoms with Crippen molar-refractivity contribution in [1.82, 2.24) is 20.0 Å². The number of primary amides is 1. The van der Waals surface area contributed by atoms with Gasteiger partial charge in [0.15, 0.2) is 5.69 Å². The summed E-state index contributed by atoms with van der Waals surface area (Å²) in [5.41, 5.74) is 6.22. The Morgan fingerprint density at radius 2 is 2.00 bits per heavy atom. The summed E-state index contributed by atoms with van der Waals surface area (Å²) in [4.78, 5) is 39.3. The molecule has 3 aliphatic rings. The predicted octanol–water partition coefficient (Wildman–Crippen LogP) is 1.29. The summed E-state index contributed by atoms with van der Waals surface area (Å²) in [5, 5.41) is 7.76. The Morgan fingerprint density at radius 1 is 1.27 bits per heavy atom. The van der Waals surface area contributed by atoms with Crippen LogP contribution in [0.3, 0.4) is 0 Å². The van der Waals surface area contributed by atoms with Crippen LogP contribution in [-0.4, -0.2) is 55.9 Å². The Morgan fingerprint density at radius 3 is 2.70 bits per heavy atom. The highest BCUT2D eigenvalue weighted by atomic mass is 35.5. The van der Waals surface area contributed by atoms with Gasteiger partial charge >= 0.3 is 0 Å². The third kappa shape index (κ3) is 3.32. The van der Waals surface area contributed by atoms with Gasteiger partial charge in [-0.1, -0.05) is 18.2 Å². The second kappa shape index (κ2) is 6.85. The van der Waals surface area contributed by atoms with Gasteiger partial charge in [-0.05, 0) is 30.7 Å². The summed E-state index contributed by atoms with van der Waals surface area (Å²) < 4.78 is 0.732. The maximum Gasteiger partial charge on any atom is 0.269 e. The van der Waals surface area contributed by atoms with E-state index in [-0.39, 0.29) is 35.9 Å². The van der Waals surface area contributed by atoms with Gasteiger partial charge in [-0.3, -0.25) is 19.1 Å². The first-order valence-electron chi connectivity index (χ1n) is 9.96. The fourth-order valence-corrected chi connectivity index (χ4v) is 5.05. The molecule has 10 heteroatoms. The van der Waals surface area contributed by atoms with Gasteiger partial charge in [0.1, 0.15) is 16.9 Å². The fraction of sp³-hybridized carbons (Fsp3) is 0.500. The number of nitrogens with one attached hydrogen (secondary N) is 1. The van der Waals surface area contributed by atoms with Crippen LogP contribution in [0.2, 0.25) is 0 Å². The van der Waals surface area contributed by atoms with E-state index >= 15 is 0 Å². The zero-order valence-electron chi connectivity index (χ0n) is 16.1. The summed E-state index contributed by atoms with van der Waals surface area (Å²) in [6, 6.07) is 6.64. The maximum atomic E-state index is 13.1. The number of hydrogen-bond donors (Lipinski definition) is 2. The summed E-state index contributed by atoms with van der Waals surface area (Å²) >= 11 is 12.1. The third-order valence-electron chi connectivity index (χ3n) is 6.39. The van der Waals surface area contributed by atoms with Gasteiger partial charge < -0.3 is 16.0 Å². The Bertz CT molecular complexity index is 1070. The second-order valence-corrected chi connectivity index (χ2v) is 9.99. The highest BCUT2D eigenvalue weighted by Crippen LogP contribution is 2.53. The maximum absolute atomic E-state index is 13.1. The molecule has 4 atom stereocenters. The number of nitrogens with two attached hydrogens (primary N) is 1. The number of piperidine rings is 1. The van der Waals surface area contributed by atoms with Crippen molar-refractivity contribution >= 4 is 51.8 Å². The zero-order chi connectivity index (χ0) is 21.2. The van der Waals surface area contributed by atoms with Crippen LogP contribution in [0.5, 0.6) is 0 Å². The number of fused-ring (bicyclic) bond motifs is 2. The molecule has 5 rings (SSSR count). The molecular formula is C20H21Cl2N5O3. The number of rotatable bonds is 6. The van der Waals surface area contributed by atoms with Gasteiger partial charge in [0, 0.05) is 24.4 Å². The van der Waals surface area contributed by atoms with E-state index in [4.69, 9.17) is 28.9 Å². The third-order valence-corrected chi connectivity index (χ3v) is 7.32. The largest absolute Gasteiger partial charge is 0.364 e. The standard InChI is InChI=1S/C20H21Cl2N5O3/c21-20(22)6-11(20)7-24-19(30)17-13-5-10(13)8-26(17)15(28)9-27-14-4-2-1-3-12(14)16(25-27)18(23)29/h1-4,10-11,13,17H,5-9H2,(H2,23,29)(H,24,30)/t10-,11-,13?,17+/m1/s1. The minimum absolute atomic E-state index is 0.0491. The number of nitrogens with zero attached hydrogens (tertiary/aromatic N) is 3. The Kier molecular flexibility index (Phi) is 4.48. The first-order chi connectivity index (χ1) is 14.3. The zero-order valence-corrected chi connectivity index (χ0v) is 17.6. The van der Waals surface area contributed by atoms with Crippen LogP contribution >= 0.6 is 23.2 Å². The van der Waals surface area contributed by atoms with E-state index in [2.05, 4.69) is 10.4 Å². The molecule has 1 saturated heterocycles. The van der Waals surface area contributed by atoms with Crippen molar-refractivity contribution < 1.29 is 14.4 Å². The van der Waals surface area contributed by atoms with Gasteiger partial charge in [0.05, 0.1) is 5.52 Å². The highest BCUT2D eigenvalue weighted by Gasteiger charge is 2.57. The van der Waals surface area contributed by atoms with E-state index in [1.165, 1.54) is 4.68 Å². The molecular weight excluding hydrogens is 429 g/mol. The minimum atomic E-state index is -0.750. The fourth-order valence-electron chi connectivity index (χ4n) is 4.53. The summed E-state index contributed by atoms with van der Waals surface area (Å²) in [5.74, 6) is -0.406. The Labute approximate surface area is 182 Å². The molecule has 0 radical (unpaired) electrons. The lowest BCUT2D eigenvalue weighted by molar-refractivity contribution is -0.140. The summed E-state index contributed by atoms with van der Waals surface area (Å²) in [6.07, 6.45) is 1.61. The molecule has 8 nitrogen and oxygen atoms in total. The van der Waals surface area contributed by atoms with E-state index in [0.29, 0.717) is 36.3 Å². The van der Waals surface area contributed by atoms with E-state index in [9.17, 15) is 14.4 Å². The summed E-state index contributed by atoms with van der Waals surface area (Å²) in [6.45, 7) is 0.904. The van der Waals surface area contributed by atoms with Crippen LogP contribution in [0.15, 0.2) is 24.3 Å². The molecule has 0 bridgehead atoms. The predicted molar refractivity (Wildman–Crippen MR) is 111 cm³/mol. The van der Waals surface area contributed by atoms with Crippen LogP contribution in [0.4, 0.5) is 0 Å². The molecule has 1 unspecified atom stereocenters. The van der Waals surface area contributed by atoms with Crippen molar-refractivity contribution in [3.8, 4) is 0 Å². The van der Waals surface area contributed by atoms with Gasteiger partial charge in [0.25, 0.3) is 5.91 Å². The van der Waals surface area contributed by atoms with Gasteiger partial charge in [-0.25, -0.2) is 0 Å². The number of hydrogen-bond acceptors (Lipinski definition) is 4. The molecule has 30 heavy (non-hydrogen) atoms. The van der Waals surface area contributed by atoms with E-state index < -0.39 is 16.3 Å². The molecule has 1 aliphatic heterocycles. The quantitative estimate of drug-likeness (QED) is 0.647. The molecule has 2 aromatic rings. The molecule has 1 aromatic carbocycles. The number of aromatic nitrogens is 2. The van der Waals surface area contributed by atoms with E-state index in [0.717, 1.165) is 6.42 Å². The number of likely N-dealkylation sites (tertiary alicyclic amines) is 1.